The van der Waals surface area contributed by atoms with E-state index in [9.17, 15) is 19.2 Å². The molecule has 1 aromatic carbocycles. The summed E-state index contributed by atoms with van der Waals surface area (Å²) in [6.07, 6.45) is 1.47. The van der Waals surface area contributed by atoms with Crippen molar-refractivity contribution >= 4 is 23.5 Å². The van der Waals surface area contributed by atoms with Crippen LogP contribution in [0.1, 0.15) is 44.9 Å². The minimum atomic E-state index is -0.632. The highest BCUT2D eigenvalue weighted by Gasteiger charge is 2.16. The Morgan fingerprint density at radius 1 is 0.926 bits per heavy atom. The fourth-order valence-corrected chi connectivity index (χ4v) is 2.26. The van der Waals surface area contributed by atoms with Crippen LogP contribution >= 0.6 is 0 Å². The lowest BCUT2D eigenvalue weighted by atomic mass is 10.1. The largest absolute Gasteiger partial charge is 0.462 e. The molecule has 2 rings (SSSR count). The highest BCUT2D eigenvalue weighted by Crippen LogP contribution is 2.18. The zero-order chi connectivity index (χ0) is 20.0. The van der Waals surface area contributed by atoms with Crippen molar-refractivity contribution in [3.8, 4) is 0 Å². The van der Waals surface area contributed by atoms with Gasteiger partial charge in [0.1, 0.15) is 0 Å². The van der Waals surface area contributed by atoms with E-state index in [4.69, 9.17) is 9.47 Å². The van der Waals surface area contributed by atoms with Crippen LogP contribution < -0.4 is 10.9 Å². The second-order valence-electron chi connectivity index (χ2n) is 5.56. The van der Waals surface area contributed by atoms with E-state index in [1.165, 1.54) is 41.1 Å². The van der Waals surface area contributed by atoms with E-state index >= 15 is 0 Å². The Labute approximate surface area is 155 Å². The number of ether oxygens (including phenoxy) is 2. The molecule has 142 valence electrons. The number of carbonyl (C=O) groups excluding carboxylic acids is 3. The lowest BCUT2D eigenvalue weighted by Crippen LogP contribution is -2.20. The van der Waals surface area contributed by atoms with Gasteiger partial charge in [-0.15, -0.1) is 0 Å². The first-order valence-electron chi connectivity index (χ1n) is 8.33. The zero-order valence-electron chi connectivity index (χ0n) is 15.3. The number of carbonyl (C=O) groups is 3. The quantitative estimate of drug-likeness (QED) is 0.778. The van der Waals surface area contributed by atoms with Crippen LogP contribution in [0.3, 0.4) is 0 Å². The Balaban J connectivity index is 2.37. The van der Waals surface area contributed by atoms with Crippen LogP contribution in [0.4, 0.5) is 5.69 Å². The van der Waals surface area contributed by atoms with Gasteiger partial charge in [0.15, 0.2) is 0 Å². The molecule has 0 saturated carbocycles. The normalized spacial score (nSPS) is 10.2. The predicted molar refractivity (Wildman–Crippen MR) is 98.0 cm³/mol. The zero-order valence-corrected chi connectivity index (χ0v) is 15.3. The highest BCUT2D eigenvalue weighted by atomic mass is 16.5. The lowest BCUT2D eigenvalue weighted by molar-refractivity contribution is 0.0525. The fourth-order valence-electron chi connectivity index (χ4n) is 2.26. The molecule has 1 N–H and O–H groups in total. The molecule has 0 spiro atoms. The van der Waals surface area contributed by atoms with Gasteiger partial charge in [-0.25, -0.2) is 9.59 Å². The topological polar surface area (TPSA) is 104 Å². The molecule has 27 heavy (non-hydrogen) atoms. The summed E-state index contributed by atoms with van der Waals surface area (Å²) in [4.78, 5) is 48.2. The highest BCUT2D eigenvalue weighted by molar-refractivity contribution is 6.06. The molecular formula is C19H20N2O6. The number of aryl methyl sites for hydroxylation is 1. The number of hydrogen-bond acceptors (Lipinski definition) is 6. The van der Waals surface area contributed by atoms with Crippen molar-refractivity contribution in [2.24, 2.45) is 7.05 Å². The Bertz CT molecular complexity index is 896. The van der Waals surface area contributed by atoms with Crippen LogP contribution in [0.5, 0.6) is 0 Å². The monoisotopic (exact) mass is 372 g/mol. The van der Waals surface area contributed by atoms with E-state index < -0.39 is 17.8 Å². The molecule has 1 aromatic heterocycles. The van der Waals surface area contributed by atoms with E-state index in [1.807, 2.05) is 0 Å². The summed E-state index contributed by atoms with van der Waals surface area (Å²) >= 11 is 0. The number of rotatable bonds is 6. The van der Waals surface area contributed by atoms with Crippen molar-refractivity contribution in [3.63, 3.8) is 0 Å². The van der Waals surface area contributed by atoms with Crippen molar-refractivity contribution < 1.29 is 23.9 Å². The minimum Gasteiger partial charge on any atom is -0.462 e. The summed E-state index contributed by atoms with van der Waals surface area (Å²) in [5.74, 6) is -1.82. The van der Waals surface area contributed by atoms with Crippen molar-refractivity contribution in [2.75, 3.05) is 18.5 Å². The van der Waals surface area contributed by atoms with Gasteiger partial charge in [0, 0.05) is 30.6 Å². The number of nitrogens with zero attached hydrogens (tertiary/aromatic N) is 1. The Kier molecular flexibility index (Phi) is 6.48. The number of nitrogens with one attached hydrogen (secondary N) is 1. The van der Waals surface area contributed by atoms with Crippen LogP contribution in [0.2, 0.25) is 0 Å². The summed E-state index contributed by atoms with van der Waals surface area (Å²) in [5.41, 5.74) is 0.213. The number of esters is 2. The second kappa shape index (κ2) is 8.79. The third kappa shape index (κ3) is 5.04. The van der Waals surface area contributed by atoms with Crippen LogP contribution in [0, 0.1) is 0 Å². The summed E-state index contributed by atoms with van der Waals surface area (Å²) in [7, 11) is 1.57. The van der Waals surface area contributed by atoms with Gasteiger partial charge in [0.05, 0.1) is 24.3 Å². The minimum absolute atomic E-state index is 0.0988. The summed E-state index contributed by atoms with van der Waals surface area (Å²) in [5, 5.41) is 2.58. The number of benzene rings is 1. The molecule has 0 saturated heterocycles. The molecule has 8 nitrogen and oxygen atoms in total. The molecule has 0 aliphatic heterocycles. The molecule has 2 aromatic rings. The standard InChI is InChI=1S/C19H20N2O6/c1-4-26-18(24)13-8-14(19(25)27-5-2)10-15(9-13)20-17(23)12-6-7-21(3)16(22)11-12/h6-11H,4-5H2,1-3H3,(H,20,23). The summed E-state index contributed by atoms with van der Waals surface area (Å²) in [6, 6.07) is 6.79. The second-order valence-corrected chi connectivity index (χ2v) is 5.56. The maximum absolute atomic E-state index is 12.4. The van der Waals surface area contributed by atoms with Gasteiger partial charge in [-0.2, -0.15) is 0 Å². The van der Waals surface area contributed by atoms with Crippen LogP contribution in [0.25, 0.3) is 0 Å². The van der Waals surface area contributed by atoms with E-state index in [2.05, 4.69) is 5.32 Å². The van der Waals surface area contributed by atoms with Gasteiger partial charge in [0.25, 0.3) is 11.5 Å². The third-order valence-electron chi connectivity index (χ3n) is 3.58. The van der Waals surface area contributed by atoms with Crippen molar-refractivity contribution in [3.05, 3.63) is 63.6 Å². The lowest BCUT2D eigenvalue weighted by Gasteiger charge is -2.11. The first-order valence-corrected chi connectivity index (χ1v) is 8.33. The molecule has 1 heterocycles. The van der Waals surface area contributed by atoms with Gasteiger partial charge in [0.2, 0.25) is 0 Å². The molecule has 0 fully saturated rings. The van der Waals surface area contributed by atoms with Gasteiger partial charge in [-0.1, -0.05) is 0 Å². The van der Waals surface area contributed by atoms with E-state index in [0.717, 1.165) is 0 Å². The third-order valence-corrected chi connectivity index (χ3v) is 3.58. The molecule has 0 unspecified atom stereocenters. The van der Waals surface area contributed by atoms with Gasteiger partial charge < -0.3 is 19.4 Å². The molecule has 0 radical (unpaired) electrons. The molecule has 0 bridgehead atoms. The Morgan fingerprint density at radius 3 is 1.96 bits per heavy atom. The van der Waals surface area contributed by atoms with E-state index in [1.54, 1.807) is 20.9 Å². The molecule has 0 aliphatic rings. The Morgan fingerprint density at radius 2 is 1.48 bits per heavy atom. The smallest absolute Gasteiger partial charge is 0.338 e. The number of amides is 1. The molecule has 0 atom stereocenters. The van der Waals surface area contributed by atoms with Gasteiger partial charge >= 0.3 is 11.9 Å². The maximum Gasteiger partial charge on any atom is 0.338 e. The number of hydrogen-bond donors (Lipinski definition) is 1. The van der Waals surface area contributed by atoms with Crippen LogP contribution in [0.15, 0.2) is 41.3 Å². The first-order chi connectivity index (χ1) is 12.8. The van der Waals surface area contributed by atoms with E-state index in [0.29, 0.717) is 0 Å². The Hall–Kier alpha value is -3.42. The van der Waals surface area contributed by atoms with Crippen LogP contribution in [-0.2, 0) is 16.5 Å². The van der Waals surface area contributed by atoms with Gasteiger partial charge in [-0.3, -0.25) is 9.59 Å². The average molecular weight is 372 g/mol. The van der Waals surface area contributed by atoms with Crippen LogP contribution in [-0.4, -0.2) is 35.6 Å². The van der Waals surface area contributed by atoms with E-state index in [-0.39, 0.29) is 41.2 Å². The molecule has 0 aliphatic carbocycles. The van der Waals surface area contributed by atoms with Crippen molar-refractivity contribution in [1.82, 2.24) is 4.57 Å². The van der Waals surface area contributed by atoms with Crippen molar-refractivity contribution in [1.29, 1.82) is 0 Å². The molecule has 1 amide bonds. The molecular weight excluding hydrogens is 352 g/mol. The fraction of sp³-hybridized carbons (Fsp3) is 0.263. The predicted octanol–water partition coefficient (Wildman–Crippen LogP) is 1.99. The number of pyridine rings is 1. The van der Waals surface area contributed by atoms with Gasteiger partial charge in [-0.05, 0) is 38.1 Å². The van der Waals surface area contributed by atoms with Crippen molar-refractivity contribution in [2.45, 2.75) is 13.8 Å². The molecule has 8 heteroatoms. The average Bonchev–Trinajstić information content (AvgIpc) is 2.64. The first kappa shape index (κ1) is 19.9. The SMILES string of the molecule is CCOC(=O)c1cc(NC(=O)c2ccn(C)c(=O)c2)cc(C(=O)OCC)c1. The number of anilines is 1. The summed E-state index contributed by atoms with van der Waals surface area (Å²) < 4.78 is 11.2. The number of aromatic nitrogens is 1. The maximum atomic E-state index is 12.4. The summed E-state index contributed by atoms with van der Waals surface area (Å²) in [6.45, 7) is 3.65.